The Hall–Kier alpha value is -1.17. The van der Waals surface area contributed by atoms with Crippen LogP contribution in [0.25, 0.3) is 0 Å². The number of terminal acetylenes is 1. The Labute approximate surface area is 79.1 Å². The van der Waals surface area contributed by atoms with E-state index in [9.17, 15) is 4.79 Å². The molecule has 1 atom stereocenters. The van der Waals surface area contributed by atoms with Gasteiger partial charge in [0.2, 0.25) is 0 Å². The molecular formula is C10H15NO2. The molecule has 1 rings (SSSR count). The number of carbonyl (C=O) groups is 1. The van der Waals surface area contributed by atoms with E-state index in [0.717, 1.165) is 6.42 Å². The highest BCUT2D eigenvalue weighted by Gasteiger charge is 2.33. The van der Waals surface area contributed by atoms with Crippen molar-refractivity contribution in [2.45, 2.75) is 38.8 Å². The first kappa shape index (κ1) is 9.91. The van der Waals surface area contributed by atoms with E-state index in [1.165, 1.54) is 0 Å². The molecular weight excluding hydrogens is 166 g/mol. The zero-order valence-electron chi connectivity index (χ0n) is 8.33. The van der Waals surface area contributed by atoms with Crippen LogP contribution < -0.4 is 0 Å². The van der Waals surface area contributed by atoms with E-state index in [1.807, 2.05) is 20.8 Å². The molecule has 0 aromatic heterocycles. The molecule has 0 N–H and O–H groups in total. The smallest absolute Gasteiger partial charge is 0.411 e. The minimum absolute atomic E-state index is 0.0603. The zero-order valence-corrected chi connectivity index (χ0v) is 8.33. The first-order chi connectivity index (χ1) is 5.94. The summed E-state index contributed by atoms with van der Waals surface area (Å²) in [7, 11) is 0. The lowest BCUT2D eigenvalue weighted by Gasteiger charge is -2.38. The van der Waals surface area contributed by atoms with Gasteiger partial charge in [0.25, 0.3) is 0 Å². The van der Waals surface area contributed by atoms with Gasteiger partial charge in [-0.15, -0.1) is 6.42 Å². The summed E-state index contributed by atoms with van der Waals surface area (Å²) >= 11 is 0. The van der Waals surface area contributed by atoms with Crippen molar-refractivity contribution in [1.82, 2.24) is 4.90 Å². The summed E-state index contributed by atoms with van der Waals surface area (Å²) in [5.41, 5.74) is -0.439. The highest BCUT2D eigenvalue weighted by atomic mass is 16.6. The van der Waals surface area contributed by atoms with Crippen LogP contribution in [0.5, 0.6) is 0 Å². The van der Waals surface area contributed by atoms with Crippen molar-refractivity contribution >= 4 is 6.09 Å². The van der Waals surface area contributed by atoms with Gasteiger partial charge in [-0.1, -0.05) is 5.92 Å². The third-order valence-electron chi connectivity index (χ3n) is 1.84. The van der Waals surface area contributed by atoms with Crippen LogP contribution in [0.2, 0.25) is 0 Å². The van der Waals surface area contributed by atoms with E-state index >= 15 is 0 Å². The SMILES string of the molecule is C#C[C@H]1CCN1C(=O)OC(C)(C)C. The van der Waals surface area contributed by atoms with Crippen molar-refractivity contribution in [1.29, 1.82) is 0 Å². The third kappa shape index (κ3) is 2.38. The van der Waals surface area contributed by atoms with Crippen LogP contribution >= 0.6 is 0 Å². The fourth-order valence-corrected chi connectivity index (χ4v) is 1.10. The largest absolute Gasteiger partial charge is 0.444 e. The Morgan fingerprint density at radius 2 is 2.23 bits per heavy atom. The van der Waals surface area contributed by atoms with Gasteiger partial charge in [-0.25, -0.2) is 4.79 Å². The molecule has 0 bridgehead atoms. The van der Waals surface area contributed by atoms with Crippen molar-refractivity contribution in [2.24, 2.45) is 0 Å². The number of ether oxygens (including phenoxy) is 1. The predicted octanol–water partition coefficient (Wildman–Crippen LogP) is 1.63. The molecule has 0 radical (unpaired) electrons. The second-order valence-electron chi connectivity index (χ2n) is 4.14. The Kier molecular flexibility index (Phi) is 2.51. The number of nitrogens with zero attached hydrogens (tertiary/aromatic N) is 1. The fourth-order valence-electron chi connectivity index (χ4n) is 1.10. The maximum absolute atomic E-state index is 11.4. The van der Waals surface area contributed by atoms with E-state index in [-0.39, 0.29) is 12.1 Å². The normalized spacial score (nSPS) is 21.7. The van der Waals surface area contributed by atoms with Crippen molar-refractivity contribution < 1.29 is 9.53 Å². The lowest BCUT2D eigenvalue weighted by Crippen LogP contribution is -2.51. The Bertz CT molecular complexity index is 247. The maximum Gasteiger partial charge on any atom is 0.411 e. The minimum Gasteiger partial charge on any atom is -0.444 e. The van der Waals surface area contributed by atoms with Crippen LogP contribution in [0.4, 0.5) is 4.79 Å². The van der Waals surface area contributed by atoms with E-state index in [2.05, 4.69) is 5.92 Å². The summed E-state index contributed by atoms with van der Waals surface area (Å²) in [4.78, 5) is 13.0. The van der Waals surface area contributed by atoms with Crippen LogP contribution in [-0.2, 0) is 4.74 Å². The summed E-state index contributed by atoms with van der Waals surface area (Å²) in [6, 6.07) is -0.0603. The first-order valence-electron chi connectivity index (χ1n) is 4.40. The van der Waals surface area contributed by atoms with Crippen molar-refractivity contribution in [3.05, 3.63) is 0 Å². The van der Waals surface area contributed by atoms with Gasteiger partial charge >= 0.3 is 6.09 Å². The standard InChI is InChI=1S/C10H15NO2/c1-5-8-6-7-11(8)9(12)13-10(2,3)4/h1,8H,6-7H2,2-4H3/t8-/m0/s1. The number of amides is 1. The van der Waals surface area contributed by atoms with Gasteiger partial charge in [0, 0.05) is 6.54 Å². The monoisotopic (exact) mass is 181 g/mol. The lowest BCUT2D eigenvalue weighted by atomic mass is 10.1. The minimum atomic E-state index is -0.439. The quantitative estimate of drug-likeness (QED) is 0.531. The molecule has 13 heavy (non-hydrogen) atoms. The van der Waals surface area contributed by atoms with E-state index in [4.69, 9.17) is 11.2 Å². The van der Waals surface area contributed by atoms with E-state index < -0.39 is 5.60 Å². The predicted molar refractivity (Wildman–Crippen MR) is 50.2 cm³/mol. The summed E-state index contributed by atoms with van der Waals surface area (Å²) in [5.74, 6) is 2.54. The van der Waals surface area contributed by atoms with Gasteiger partial charge in [-0.2, -0.15) is 0 Å². The zero-order chi connectivity index (χ0) is 10.1. The third-order valence-corrected chi connectivity index (χ3v) is 1.84. The first-order valence-corrected chi connectivity index (χ1v) is 4.40. The van der Waals surface area contributed by atoms with Crippen molar-refractivity contribution in [3.63, 3.8) is 0 Å². The Morgan fingerprint density at radius 3 is 2.54 bits per heavy atom. The maximum atomic E-state index is 11.4. The number of likely N-dealkylation sites (tertiary alicyclic amines) is 1. The van der Waals surface area contributed by atoms with Gasteiger partial charge in [0.1, 0.15) is 5.60 Å². The van der Waals surface area contributed by atoms with Gasteiger partial charge in [0.05, 0.1) is 6.04 Å². The van der Waals surface area contributed by atoms with Gasteiger partial charge < -0.3 is 4.74 Å². The van der Waals surface area contributed by atoms with Gasteiger partial charge in [-0.05, 0) is 27.2 Å². The molecule has 1 saturated heterocycles. The molecule has 0 saturated carbocycles. The molecule has 1 aliphatic rings. The molecule has 72 valence electrons. The molecule has 1 heterocycles. The van der Waals surface area contributed by atoms with Crippen LogP contribution in [0, 0.1) is 12.3 Å². The molecule has 0 aromatic rings. The average molecular weight is 181 g/mol. The number of hydrogen-bond acceptors (Lipinski definition) is 2. The van der Waals surface area contributed by atoms with Crippen LogP contribution in [0.15, 0.2) is 0 Å². The highest BCUT2D eigenvalue weighted by Crippen LogP contribution is 2.20. The topological polar surface area (TPSA) is 29.5 Å². The fraction of sp³-hybridized carbons (Fsp3) is 0.700. The second kappa shape index (κ2) is 3.29. The molecule has 1 amide bonds. The molecule has 1 aliphatic heterocycles. The molecule has 0 aromatic carbocycles. The molecule has 3 nitrogen and oxygen atoms in total. The van der Waals surface area contributed by atoms with Crippen LogP contribution in [0.3, 0.4) is 0 Å². The number of carbonyl (C=O) groups excluding carboxylic acids is 1. The Balaban J connectivity index is 2.46. The van der Waals surface area contributed by atoms with E-state index in [0.29, 0.717) is 6.54 Å². The van der Waals surface area contributed by atoms with Crippen LogP contribution in [0.1, 0.15) is 27.2 Å². The Morgan fingerprint density at radius 1 is 1.62 bits per heavy atom. The lowest BCUT2D eigenvalue weighted by molar-refractivity contribution is 0.00420. The molecule has 1 fully saturated rings. The van der Waals surface area contributed by atoms with Crippen molar-refractivity contribution in [2.75, 3.05) is 6.54 Å². The molecule has 0 spiro atoms. The van der Waals surface area contributed by atoms with Gasteiger partial charge in [0.15, 0.2) is 0 Å². The highest BCUT2D eigenvalue weighted by molar-refractivity contribution is 5.70. The second-order valence-corrected chi connectivity index (χ2v) is 4.14. The molecule has 0 unspecified atom stereocenters. The average Bonchev–Trinajstić information content (AvgIpc) is 1.80. The number of rotatable bonds is 0. The summed E-state index contributed by atoms with van der Waals surface area (Å²) in [6.07, 6.45) is 5.81. The van der Waals surface area contributed by atoms with Crippen molar-refractivity contribution in [3.8, 4) is 12.3 Å². The van der Waals surface area contributed by atoms with E-state index in [1.54, 1.807) is 4.90 Å². The van der Waals surface area contributed by atoms with Crippen LogP contribution in [-0.4, -0.2) is 29.2 Å². The molecule has 0 aliphatic carbocycles. The van der Waals surface area contributed by atoms with Gasteiger partial charge in [-0.3, -0.25) is 4.90 Å². The summed E-state index contributed by atoms with van der Waals surface area (Å²) in [5, 5.41) is 0. The summed E-state index contributed by atoms with van der Waals surface area (Å²) < 4.78 is 5.17. The molecule has 3 heteroatoms. The summed E-state index contributed by atoms with van der Waals surface area (Å²) in [6.45, 7) is 6.24. The number of hydrogen-bond donors (Lipinski definition) is 0.